The summed E-state index contributed by atoms with van der Waals surface area (Å²) in [6, 6.07) is 0.847. The molecule has 7 nitrogen and oxygen atoms in total. The van der Waals surface area contributed by atoms with E-state index in [9.17, 15) is 21.6 Å². The summed E-state index contributed by atoms with van der Waals surface area (Å²) in [7, 11) is -3.66. The molecule has 0 bridgehead atoms. The van der Waals surface area contributed by atoms with Gasteiger partial charge < -0.3 is 9.64 Å². The van der Waals surface area contributed by atoms with Crippen molar-refractivity contribution in [3.63, 3.8) is 0 Å². The Labute approximate surface area is 173 Å². The van der Waals surface area contributed by atoms with Crippen molar-refractivity contribution in [1.82, 2.24) is 13.6 Å². The van der Waals surface area contributed by atoms with Crippen LogP contribution in [0.1, 0.15) is 25.8 Å². The molecule has 2 aliphatic rings. The van der Waals surface area contributed by atoms with Crippen LogP contribution in [-0.2, 0) is 21.1 Å². The first-order valence-corrected chi connectivity index (χ1v) is 11.1. The molecule has 164 valence electrons. The van der Waals surface area contributed by atoms with E-state index in [0.29, 0.717) is 32.6 Å². The van der Waals surface area contributed by atoms with Crippen molar-refractivity contribution in [2.45, 2.75) is 38.7 Å². The number of hydrogen-bond acceptors (Lipinski definition) is 5. The zero-order valence-electron chi connectivity index (χ0n) is 16.2. The van der Waals surface area contributed by atoms with Crippen molar-refractivity contribution in [2.24, 2.45) is 0 Å². The molecular formula is C17H24ClF3N4O3S. The van der Waals surface area contributed by atoms with Crippen molar-refractivity contribution >= 4 is 27.6 Å². The Balaban J connectivity index is 1.72. The Hall–Kier alpha value is -1.14. The predicted octanol–water partition coefficient (Wildman–Crippen LogP) is 2.62. The number of rotatable bonds is 3. The van der Waals surface area contributed by atoms with Crippen molar-refractivity contribution in [3.05, 3.63) is 22.8 Å². The van der Waals surface area contributed by atoms with Crippen LogP contribution in [0.5, 0.6) is 0 Å². The first-order valence-electron chi connectivity index (χ1n) is 9.37. The number of ether oxygens (including phenoxy) is 1. The molecule has 2 fully saturated rings. The van der Waals surface area contributed by atoms with E-state index < -0.39 is 21.9 Å². The Morgan fingerprint density at radius 3 is 2.34 bits per heavy atom. The van der Waals surface area contributed by atoms with E-state index in [1.807, 2.05) is 13.8 Å². The minimum absolute atomic E-state index is 0.105. The lowest BCUT2D eigenvalue weighted by Gasteiger charge is -2.37. The average Bonchev–Trinajstić information content (AvgIpc) is 2.86. The molecule has 0 saturated carbocycles. The number of nitrogens with zero attached hydrogens (tertiary/aromatic N) is 4. The summed E-state index contributed by atoms with van der Waals surface area (Å²) in [6.07, 6.45) is -3.64. The number of aromatic nitrogens is 1. The van der Waals surface area contributed by atoms with Crippen LogP contribution >= 0.6 is 11.6 Å². The van der Waals surface area contributed by atoms with Gasteiger partial charge in [-0.05, 0) is 26.3 Å². The van der Waals surface area contributed by atoms with E-state index in [4.69, 9.17) is 16.3 Å². The molecule has 2 atom stereocenters. The third kappa shape index (κ3) is 5.13. The summed E-state index contributed by atoms with van der Waals surface area (Å²) >= 11 is 6.04. The van der Waals surface area contributed by atoms with Crippen LogP contribution < -0.4 is 4.90 Å². The molecule has 12 heteroatoms. The van der Waals surface area contributed by atoms with Crippen molar-refractivity contribution in [1.29, 1.82) is 0 Å². The standard InChI is InChI=1S/C17H24ClF3N4O3S/c1-12-10-25(11-13(2)28-12)29(26,27)24-5-3-4-23(6-7-24)16-15(18)8-14(9-22-16)17(19,20)21/h8-9,12-13H,3-7,10-11H2,1-2H3/t12-,13-/m1/s1. The van der Waals surface area contributed by atoms with Crippen molar-refractivity contribution in [2.75, 3.05) is 44.2 Å². The van der Waals surface area contributed by atoms with Gasteiger partial charge in [-0.1, -0.05) is 11.6 Å². The van der Waals surface area contributed by atoms with E-state index in [-0.39, 0.29) is 36.1 Å². The maximum atomic E-state index is 13.1. The van der Waals surface area contributed by atoms with Gasteiger partial charge in [0, 0.05) is 45.5 Å². The minimum atomic E-state index is -4.52. The van der Waals surface area contributed by atoms with Crippen LogP contribution in [0.3, 0.4) is 0 Å². The maximum absolute atomic E-state index is 13.1. The van der Waals surface area contributed by atoms with Crippen molar-refractivity contribution in [3.8, 4) is 0 Å². The second kappa shape index (κ2) is 8.54. The zero-order chi connectivity index (χ0) is 21.4. The van der Waals surface area contributed by atoms with Crippen LogP contribution in [0.2, 0.25) is 5.02 Å². The Morgan fingerprint density at radius 2 is 1.76 bits per heavy atom. The van der Waals surface area contributed by atoms with Crippen LogP contribution in [0.25, 0.3) is 0 Å². The SMILES string of the molecule is C[C@@H]1CN(S(=O)(=O)N2CCCN(c3ncc(C(F)(F)F)cc3Cl)CC2)C[C@@H](C)O1. The smallest absolute Gasteiger partial charge is 0.373 e. The molecule has 0 unspecified atom stereocenters. The minimum Gasteiger partial charge on any atom is -0.373 e. The van der Waals surface area contributed by atoms with E-state index >= 15 is 0 Å². The highest BCUT2D eigenvalue weighted by Gasteiger charge is 2.36. The summed E-state index contributed by atoms with van der Waals surface area (Å²) < 4.78 is 73.0. The number of halogens is 4. The Bertz CT molecular complexity index is 830. The predicted molar refractivity (Wildman–Crippen MR) is 103 cm³/mol. The molecule has 3 rings (SSSR count). The fourth-order valence-electron chi connectivity index (χ4n) is 3.64. The van der Waals surface area contributed by atoms with E-state index in [2.05, 4.69) is 4.98 Å². The fraction of sp³-hybridized carbons (Fsp3) is 0.706. The number of hydrogen-bond donors (Lipinski definition) is 0. The van der Waals surface area contributed by atoms with Gasteiger partial charge in [-0.2, -0.15) is 30.2 Å². The lowest BCUT2D eigenvalue weighted by Crippen LogP contribution is -2.53. The average molecular weight is 457 g/mol. The Kier molecular flexibility index (Phi) is 6.64. The van der Waals surface area contributed by atoms with Gasteiger partial charge in [-0.3, -0.25) is 0 Å². The highest BCUT2D eigenvalue weighted by molar-refractivity contribution is 7.86. The molecule has 0 radical (unpaired) electrons. The summed E-state index contributed by atoms with van der Waals surface area (Å²) in [5, 5.41) is -0.105. The molecule has 0 amide bonds. The zero-order valence-corrected chi connectivity index (χ0v) is 17.8. The van der Waals surface area contributed by atoms with Gasteiger partial charge in [0.25, 0.3) is 10.2 Å². The van der Waals surface area contributed by atoms with Gasteiger partial charge in [0.1, 0.15) is 5.82 Å². The molecule has 1 aromatic heterocycles. The van der Waals surface area contributed by atoms with E-state index in [0.717, 1.165) is 12.3 Å². The molecule has 2 saturated heterocycles. The van der Waals surface area contributed by atoms with Crippen LogP contribution in [0.4, 0.5) is 19.0 Å². The molecule has 0 aromatic carbocycles. The quantitative estimate of drug-likeness (QED) is 0.699. The highest BCUT2D eigenvalue weighted by Crippen LogP contribution is 2.34. The van der Waals surface area contributed by atoms with E-state index in [1.165, 1.54) is 8.61 Å². The molecule has 0 aliphatic carbocycles. The second-order valence-electron chi connectivity index (χ2n) is 7.35. The van der Waals surface area contributed by atoms with Gasteiger partial charge in [0.2, 0.25) is 0 Å². The van der Waals surface area contributed by atoms with Gasteiger partial charge in [0.15, 0.2) is 0 Å². The monoisotopic (exact) mass is 456 g/mol. The lowest BCUT2D eigenvalue weighted by molar-refractivity contribution is -0.137. The van der Waals surface area contributed by atoms with Gasteiger partial charge >= 0.3 is 6.18 Å². The summed E-state index contributed by atoms with van der Waals surface area (Å²) in [6.45, 7) is 5.49. The fourth-order valence-corrected chi connectivity index (χ4v) is 5.72. The largest absolute Gasteiger partial charge is 0.417 e. The number of alkyl halides is 3. The van der Waals surface area contributed by atoms with Crippen LogP contribution in [0, 0.1) is 0 Å². The first-order chi connectivity index (χ1) is 13.5. The topological polar surface area (TPSA) is 66.0 Å². The molecule has 29 heavy (non-hydrogen) atoms. The summed E-state index contributed by atoms with van der Waals surface area (Å²) in [5.41, 5.74) is -0.916. The number of morpholine rings is 1. The third-order valence-corrected chi connectivity index (χ3v) is 7.19. The molecule has 1 aromatic rings. The molecule has 0 N–H and O–H groups in total. The third-order valence-electron chi connectivity index (χ3n) is 4.94. The van der Waals surface area contributed by atoms with Crippen LogP contribution in [-0.4, -0.2) is 73.5 Å². The first kappa shape index (κ1) is 22.5. The molecule has 0 spiro atoms. The number of anilines is 1. The van der Waals surface area contributed by atoms with Gasteiger partial charge in [-0.25, -0.2) is 4.98 Å². The molecular weight excluding hydrogens is 433 g/mol. The lowest BCUT2D eigenvalue weighted by atomic mass is 10.2. The summed E-state index contributed by atoms with van der Waals surface area (Å²) in [5.74, 6) is 0.229. The molecule has 2 aliphatic heterocycles. The van der Waals surface area contributed by atoms with Crippen LogP contribution in [0.15, 0.2) is 12.3 Å². The second-order valence-corrected chi connectivity index (χ2v) is 9.68. The van der Waals surface area contributed by atoms with Crippen molar-refractivity contribution < 1.29 is 26.3 Å². The van der Waals surface area contributed by atoms with Gasteiger partial charge in [0.05, 0.1) is 22.8 Å². The Morgan fingerprint density at radius 1 is 1.10 bits per heavy atom. The highest BCUT2D eigenvalue weighted by atomic mass is 35.5. The number of pyridine rings is 1. The maximum Gasteiger partial charge on any atom is 0.417 e. The molecule has 3 heterocycles. The van der Waals surface area contributed by atoms with E-state index in [1.54, 1.807) is 4.90 Å². The van der Waals surface area contributed by atoms with Gasteiger partial charge in [-0.15, -0.1) is 0 Å². The summed E-state index contributed by atoms with van der Waals surface area (Å²) in [4.78, 5) is 5.61. The normalized spacial score (nSPS) is 25.8.